The molecule has 1 heterocycles. The molecule has 0 radical (unpaired) electrons. The van der Waals surface area contributed by atoms with E-state index in [2.05, 4.69) is 40.5 Å². The molecule has 20 heavy (non-hydrogen) atoms. The van der Waals surface area contributed by atoms with E-state index in [9.17, 15) is 0 Å². The van der Waals surface area contributed by atoms with E-state index < -0.39 is 0 Å². The van der Waals surface area contributed by atoms with E-state index in [1.165, 1.54) is 5.69 Å². The van der Waals surface area contributed by atoms with Crippen LogP contribution in [0.25, 0.3) is 0 Å². The highest BCUT2D eigenvalue weighted by atomic mass is 35.5. The molecule has 1 aliphatic heterocycles. The summed E-state index contributed by atoms with van der Waals surface area (Å²) in [7, 11) is 0. The molecule has 2 aromatic carbocycles. The first-order valence-electron chi connectivity index (χ1n) is 7.13. The summed E-state index contributed by atoms with van der Waals surface area (Å²) in [5.41, 5.74) is 2.49. The lowest BCUT2D eigenvalue weighted by Crippen LogP contribution is -2.39. The number of piperidine rings is 1. The Morgan fingerprint density at radius 2 is 1.55 bits per heavy atom. The standard InChI is InChI=1S/C17H19ClN2/c18-14-6-8-15(9-7-14)19-16-10-12-20(13-11-16)17-4-2-1-3-5-17/h1-9,16,19H,10-13H2. The fourth-order valence-electron chi connectivity index (χ4n) is 2.70. The average molecular weight is 287 g/mol. The maximum atomic E-state index is 5.91. The van der Waals surface area contributed by atoms with Gasteiger partial charge in [0, 0.05) is 35.5 Å². The van der Waals surface area contributed by atoms with Gasteiger partial charge in [0.2, 0.25) is 0 Å². The summed E-state index contributed by atoms with van der Waals surface area (Å²) in [6.07, 6.45) is 2.33. The zero-order chi connectivity index (χ0) is 13.8. The van der Waals surface area contributed by atoms with E-state index in [1.54, 1.807) is 0 Å². The molecule has 1 aliphatic rings. The highest BCUT2D eigenvalue weighted by Crippen LogP contribution is 2.22. The molecule has 0 spiro atoms. The van der Waals surface area contributed by atoms with Crippen LogP contribution in [0.1, 0.15) is 12.8 Å². The van der Waals surface area contributed by atoms with E-state index in [-0.39, 0.29) is 0 Å². The van der Waals surface area contributed by atoms with Crippen LogP contribution in [0.3, 0.4) is 0 Å². The number of hydrogen-bond acceptors (Lipinski definition) is 2. The molecule has 0 saturated carbocycles. The molecular weight excluding hydrogens is 268 g/mol. The van der Waals surface area contributed by atoms with Crippen molar-refractivity contribution in [2.75, 3.05) is 23.3 Å². The monoisotopic (exact) mass is 286 g/mol. The van der Waals surface area contributed by atoms with Crippen molar-refractivity contribution in [2.45, 2.75) is 18.9 Å². The van der Waals surface area contributed by atoms with Gasteiger partial charge in [-0.3, -0.25) is 0 Å². The normalized spacial score (nSPS) is 16.1. The van der Waals surface area contributed by atoms with Crippen LogP contribution in [0.15, 0.2) is 54.6 Å². The van der Waals surface area contributed by atoms with Gasteiger partial charge in [-0.1, -0.05) is 29.8 Å². The average Bonchev–Trinajstić information content (AvgIpc) is 2.51. The maximum absolute atomic E-state index is 5.91. The van der Waals surface area contributed by atoms with E-state index in [1.807, 2.05) is 24.3 Å². The summed E-state index contributed by atoms with van der Waals surface area (Å²) in [5, 5.41) is 4.38. The van der Waals surface area contributed by atoms with Crippen LogP contribution >= 0.6 is 11.6 Å². The van der Waals surface area contributed by atoms with Crippen molar-refractivity contribution in [2.24, 2.45) is 0 Å². The number of para-hydroxylation sites is 1. The zero-order valence-electron chi connectivity index (χ0n) is 11.4. The van der Waals surface area contributed by atoms with Crippen molar-refractivity contribution in [3.8, 4) is 0 Å². The molecule has 0 atom stereocenters. The van der Waals surface area contributed by atoms with Crippen molar-refractivity contribution < 1.29 is 0 Å². The van der Waals surface area contributed by atoms with Crippen LogP contribution < -0.4 is 10.2 Å². The Kier molecular flexibility index (Phi) is 4.12. The lowest BCUT2D eigenvalue weighted by atomic mass is 10.0. The van der Waals surface area contributed by atoms with Gasteiger partial charge in [-0.25, -0.2) is 0 Å². The Morgan fingerprint density at radius 3 is 2.20 bits per heavy atom. The molecule has 1 fully saturated rings. The van der Waals surface area contributed by atoms with Gasteiger partial charge >= 0.3 is 0 Å². The Hall–Kier alpha value is -1.67. The van der Waals surface area contributed by atoms with Gasteiger partial charge < -0.3 is 10.2 Å². The van der Waals surface area contributed by atoms with Crippen LogP contribution in [-0.4, -0.2) is 19.1 Å². The molecule has 3 heteroatoms. The third kappa shape index (κ3) is 3.26. The Balaban J connectivity index is 1.55. The number of nitrogens with zero attached hydrogens (tertiary/aromatic N) is 1. The summed E-state index contributed by atoms with van der Waals surface area (Å²) in [4.78, 5) is 2.46. The lowest BCUT2D eigenvalue weighted by molar-refractivity contribution is 0.527. The smallest absolute Gasteiger partial charge is 0.0407 e. The third-order valence-electron chi connectivity index (χ3n) is 3.83. The Morgan fingerprint density at radius 1 is 0.900 bits per heavy atom. The first-order valence-corrected chi connectivity index (χ1v) is 7.51. The highest BCUT2D eigenvalue weighted by molar-refractivity contribution is 6.30. The van der Waals surface area contributed by atoms with Crippen molar-refractivity contribution in [3.63, 3.8) is 0 Å². The Bertz CT molecular complexity index is 531. The maximum Gasteiger partial charge on any atom is 0.0407 e. The predicted octanol–water partition coefficient (Wildman–Crippen LogP) is 4.42. The predicted molar refractivity (Wildman–Crippen MR) is 86.8 cm³/mol. The van der Waals surface area contributed by atoms with Crippen LogP contribution in [0.2, 0.25) is 5.02 Å². The van der Waals surface area contributed by atoms with Crippen LogP contribution in [-0.2, 0) is 0 Å². The minimum atomic E-state index is 0.552. The highest BCUT2D eigenvalue weighted by Gasteiger charge is 2.18. The fourth-order valence-corrected chi connectivity index (χ4v) is 2.83. The van der Waals surface area contributed by atoms with E-state index in [0.29, 0.717) is 6.04 Å². The van der Waals surface area contributed by atoms with Gasteiger partial charge in [-0.05, 0) is 49.2 Å². The molecule has 104 valence electrons. The summed E-state index contributed by atoms with van der Waals surface area (Å²) in [6.45, 7) is 2.21. The minimum Gasteiger partial charge on any atom is -0.382 e. The molecule has 2 aromatic rings. The van der Waals surface area contributed by atoms with Crippen molar-refractivity contribution >= 4 is 23.0 Å². The second-order valence-electron chi connectivity index (χ2n) is 5.25. The molecule has 0 amide bonds. The van der Waals surface area contributed by atoms with Crippen LogP contribution in [0.4, 0.5) is 11.4 Å². The second kappa shape index (κ2) is 6.19. The van der Waals surface area contributed by atoms with E-state index >= 15 is 0 Å². The van der Waals surface area contributed by atoms with Crippen molar-refractivity contribution in [1.82, 2.24) is 0 Å². The first kappa shape index (κ1) is 13.3. The summed E-state index contributed by atoms with van der Waals surface area (Å²) < 4.78 is 0. The van der Waals surface area contributed by atoms with E-state index in [0.717, 1.165) is 36.6 Å². The van der Waals surface area contributed by atoms with Gasteiger partial charge in [0.15, 0.2) is 0 Å². The molecule has 0 aliphatic carbocycles. The number of halogens is 1. The zero-order valence-corrected chi connectivity index (χ0v) is 12.2. The largest absolute Gasteiger partial charge is 0.382 e. The lowest BCUT2D eigenvalue weighted by Gasteiger charge is -2.34. The van der Waals surface area contributed by atoms with Crippen molar-refractivity contribution in [1.29, 1.82) is 0 Å². The van der Waals surface area contributed by atoms with Gasteiger partial charge in [-0.15, -0.1) is 0 Å². The Labute approximate surface area is 125 Å². The molecule has 1 saturated heterocycles. The molecule has 0 unspecified atom stereocenters. The molecule has 3 rings (SSSR count). The number of rotatable bonds is 3. The molecule has 1 N–H and O–H groups in total. The summed E-state index contributed by atoms with van der Waals surface area (Å²) >= 11 is 5.91. The first-order chi connectivity index (χ1) is 9.81. The summed E-state index contributed by atoms with van der Waals surface area (Å²) in [6, 6.07) is 19.2. The number of nitrogens with one attached hydrogen (secondary N) is 1. The molecular formula is C17H19ClN2. The fraction of sp³-hybridized carbons (Fsp3) is 0.294. The van der Waals surface area contributed by atoms with E-state index in [4.69, 9.17) is 11.6 Å². The number of benzene rings is 2. The van der Waals surface area contributed by atoms with Gasteiger partial charge in [0.1, 0.15) is 0 Å². The molecule has 0 aromatic heterocycles. The number of anilines is 2. The molecule has 2 nitrogen and oxygen atoms in total. The summed E-state index contributed by atoms with van der Waals surface area (Å²) in [5.74, 6) is 0. The van der Waals surface area contributed by atoms with Gasteiger partial charge in [0.05, 0.1) is 0 Å². The molecule has 0 bridgehead atoms. The second-order valence-corrected chi connectivity index (χ2v) is 5.68. The number of hydrogen-bond donors (Lipinski definition) is 1. The third-order valence-corrected chi connectivity index (χ3v) is 4.08. The van der Waals surface area contributed by atoms with Gasteiger partial charge in [0.25, 0.3) is 0 Å². The van der Waals surface area contributed by atoms with Gasteiger partial charge in [-0.2, -0.15) is 0 Å². The van der Waals surface area contributed by atoms with Crippen LogP contribution in [0, 0.1) is 0 Å². The minimum absolute atomic E-state index is 0.552. The van der Waals surface area contributed by atoms with Crippen molar-refractivity contribution in [3.05, 3.63) is 59.6 Å². The SMILES string of the molecule is Clc1ccc(NC2CCN(c3ccccc3)CC2)cc1. The topological polar surface area (TPSA) is 15.3 Å². The van der Waals surface area contributed by atoms with Crippen LogP contribution in [0.5, 0.6) is 0 Å². The quantitative estimate of drug-likeness (QED) is 0.898.